The van der Waals surface area contributed by atoms with Crippen LogP contribution in [0.25, 0.3) is 0 Å². The molecular formula is C39H57NO6. The number of carbonyl (C=O) groups is 2. The summed E-state index contributed by atoms with van der Waals surface area (Å²) in [5.74, 6) is 2.89. The predicted octanol–water partition coefficient (Wildman–Crippen LogP) is 7.40. The number of carbonyl (C=O) groups excluding carboxylic acids is 2. The Morgan fingerprint density at radius 2 is 1.85 bits per heavy atom. The fraction of sp³-hybridized carbons (Fsp3) is 0.821. The molecule has 1 N–H and O–H groups in total. The van der Waals surface area contributed by atoms with Gasteiger partial charge in [-0.2, -0.15) is 0 Å². The Kier molecular flexibility index (Phi) is 7.61. The zero-order valence-electron chi connectivity index (χ0n) is 29.4. The van der Waals surface area contributed by atoms with Crippen molar-refractivity contribution in [2.24, 2.45) is 57.2 Å². The van der Waals surface area contributed by atoms with E-state index in [9.17, 15) is 14.7 Å². The van der Waals surface area contributed by atoms with Gasteiger partial charge in [-0.25, -0.2) is 4.79 Å². The molecule has 2 heterocycles. The summed E-state index contributed by atoms with van der Waals surface area (Å²) in [6.07, 6.45) is 12.4. The van der Waals surface area contributed by atoms with E-state index in [1.807, 2.05) is 0 Å². The van der Waals surface area contributed by atoms with Crippen LogP contribution < -0.4 is 0 Å². The second kappa shape index (κ2) is 10.8. The van der Waals surface area contributed by atoms with Crippen LogP contribution in [0, 0.1) is 57.2 Å². The van der Waals surface area contributed by atoms with Crippen molar-refractivity contribution in [2.75, 3.05) is 0 Å². The molecule has 1 aromatic heterocycles. The average molecular weight is 636 g/mol. The van der Waals surface area contributed by atoms with Crippen LogP contribution in [0.3, 0.4) is 0 Å². The number of hydrogen-bond acceptors (Lipinski definition) is 7. The van der Waals surface area contributed by atoms with E-state index in [1.165, 1.54) is 32.6 Å². The van der Waals surface area contributed by atoms with Crippen molar-refractivity contribution in [3.05, 3.63) is 30.1 Å². The van der Waals surface area contributed by atoms with Crippen molar-refractivity contribution < 1.29 is 28.9 Å². The van der Waals surface area contributed by atoms with Gasteiger partial charge in [0.25, 0.3) is 0 Å². The van der Waals surface area contributed by atoms with E-state index in [1.54, 1.807) is 38.4 Å². The van der Waals surface area contributed by atoms with Crippen molar-refractivity contribution in [1.82, 2.24) is 4.98 Å². The summed E-state index contributed by atoms with van der Waals surface area (Å²) < 4.78 is 19.0. The Labute approximate surface area is 275 Å². The van der Waals surface area contributed by atoms with Crippen LogP contribution in [-0.2, 0) is 19.0 Å². The average Bonchev–Trinajstić information content (AvgIpc) is 3.37. The van der Waals surface area contributed by atoms with E-state index < -0.39 is 11.7 Å². The van der Waals surface area contributed by atoms with Crippen molar-refractivity contribution >= 4 is 11.9 Å². The number of hydrogen-bond donors (Lipinski definition) is 1. The maximum absolute atomic E-state index is 13.1. The summed E-state index contributed by atoms with van der Waals surface area (Å²) in [6, 6.07) is 3.59. The highest BCUT2D eigenvalue weighted by atomic mass is 16.6. The van der Waals surface area contributed by atoms with Crippen LogP contribution >= 0.6 is 0 Å². The minimum absolute atomic E-state index is 0.0861. The summed E-state index contributed by atoms with van der Waals surface area (Å²) >= 11 is 0. The van der Waals surface area contributed by atoms with Gasteiger partial charge < -0.3 is 19.3 Å². The largest absolute Gasteiger partial charge is 0.458 e. The fourth-order valence-corrected chi connectivity index (χ4v) is 13.7. The van der Waals surface area contributed by atoms with Crippen molar-refractivity contribution in [3.63, 3.8) is 0 Å². The molecule has 1 aromatic rings. The summed E-state index contributed by atoms with van der Waals surface area (Å²) in [5.41, 5.74) is 0.186. The molecule has 0 amide bonds. The quantitative estimate of drug-likeness (QED) is 0.326. The van der Waals surface area contributed by atoms with Crippen molar-refractivity contribution in [3.8, 4) is 0 Å². The summed E-state index contributed by atoms with van der Waals surface area (Å²) in [4.78, 5) is 29.4. The first-order valence-corrected chi connectivity index (χ1v) is 18.3. The Morgan fingerprint density at radius 3 is 2.50 bits per heavy atom. The van der Waals surface area contributed by atoms with E-state index in [4.69, 9.17) is 14.2 Å². The molecule has 6 fully saturated rings. The molecule has 46 heavy (non-hydrogen) atoms. The van der Waals surface area contributed by atoms with E-state index in [0.29, 0.717) is 51.9 Å². The van der Waals surface area contributed by atoms with Gasteiger partial charge >= 0.3 is 11.9 Å². The molecule has 13 atom stereocenters. The Balaban J connectivity index is 1.14. The smallest absolute Gasteiger partial charge is 0.339 e. The molecule has 7 rings (SSSR count). The van der Waals surface area contributed by atoms with Crippen LogP contribution in [-0.4, -0.2) is 52.0 Å². The monoisotopic (exact) mass is 635 g/mol. The lowest BCUT2D eigenvalue weighted by atomic mass is 9.46. The van der Waals surface area contributed by atoms with E-state index in [-0.39, 0.29) is 41.1 Å². The Bertz CT molecular complexity index is 1360. The number of aliphatic hydroxyl groups is 1. The summed E-state index contributed by atoms with van der Waals surface area (Å²) in [6.45, 7) is 17.1. The fourth-order valence-electron chi connectivity index (χ4n) is 13.7. The first-order valence-electron chi connectivity index (χ1n) is 18.3. The lowest BCUT2D eigenvalue weighted by Gasteiger charge is -2.59. The number of nitrogens with zero attached hydrogens (tertiary/aromatic N) is 1. The topological polar surface area (TPSA) is 95.0 Å². The molecule has 1 aliphatic heterocycles. The lowest BCUT2D eigenvalue weighted by Crippen LogP contribution is -2.56. The van der Waals surface area contributed by atoms with Gasteiger partial charge in [0, 0.05) is 24.7 Å². The zero-order valence-corrected chi connectivity index (χ0v) is 29.4. The molecule has 6 aliphatic rings. The predicted molar refractivity (Wildman–Crippen MR) is 175 cm³/mol. The normalized spacial score (nSPS) is 46.0. The van der Waals surface area contributed by atoms with E-state index in [0.717, 1.165) is 32.1 Å². The lowest BCUT2D eigenvalue weighted by molar-refractivity contribution is -0.209. The molecule has 0 bridgehead atoms. The van der Waals surface area contributed by atoms with E-state index in [2.05, 4.69) is 39.6 Å². The van der Waals surface area contributed by atoms with Crippen LogP contribution in [0.5, 0.6) is 0 Å². The first-order chi connectivity index (χ1) is 21.6. The van der Waals surface area contributed by atoms with Crippen LogP contribution in [0.15, 0.2) is 24.5 Å². The second-order valence-corrected chi connectivity index (χ2v) is 17.7. The number of rotatable bonds is 6. The van der Waals surface area contributed by atoms with Gasteiger partial charge in [-0.05, 0) is 129 Å². The van der Waals surface area contributed by atoms with Gasteiger partial charge in [-0.1, -0.05) is 41.0 Å². The third kappa shape index (κ3) is 4.38. The Morgan fingerprint density at radius 1 is 1.09 bits per heavy atom. The van der Waals surface area contributed by atoms with E-state index >= 15 is 0 Å². The third-order valence-electron chi connectivity index (χ3n) is 15.4. The minimum atomic E-state index is -1.17. The van der Waals surface area contributed by atoms with Gasteiger partial charge in [0.15, 0.2) is 6.10 Å². The van der Waals surface area contributed by atoms with Gasteiger partial charge in [0.05, 0.1) is 23.4 Å². The highest BCUT2D eigenvalue weighted by Crippen LogP contribution is 2.89. The maximum atomic E-state index is 13.1. The van der Waals surface area contributed by atoms with Gasteiger partial charge in [0.2, 0.25) is 0 Å². The van der Waals surface area contributed by atoms with Gasteiger partial charge in [-0.3, -0.25) is 9.78 Å². The van der Waals surface area contributed by atoms with Crippen molar-refractivity contribution in [1.29, 1.82) is 0 Å². The molecule has 0 aromatic carbocycles. The van der Waals surface area contributed by atoms with Gasteiger partial charge in [0.1, 0.15) is 6.10 Å². The molecule has 13 unspecified atom stereocenters. The third-order valence-corrected chi connectivity index (χ3v) is 15.4. The molecule has 5 saturated carbocycles. The van der Waals surface area contributed by atoms with Crippen molar-refractivity contribution in [2.45, 2.75) is 143 Å². The maximum Gasteiger partial charge on any atom is 0.339 e. The zero-order chi connectivity index (χ0) is 33.0. The molecule has 0 radical (unpaired) electrons. The number of fused-ring (bicyclic) bond motifs is 4. The number of aromatic nitrogens is 1. The molecule has 2 spiro atoms. The van der Waals surface area contributed by atoms with Crippen LogP contribution in [0.2, 0.25) is 0 Å². The highest BCUT2D eigenvalue weighted by Gasteiger charge is 2.85. The highest BCUT2D eigenvalue weighted by molar-refractivity contribution is 5.89. The molecule has 7 heteroatoms. The molecule has 7 nitrogen and oxygen atoms in total. The van der Waals surface area contributed by atoms with Crippen LogP contribution in [0.4, 0.5) is 0 Å². The summed E-state index contributed by atoms with van der Waals surface area (Å²) in [5, 5.41) is 11.0. The summed E-state index contributed by atoms with van der Waals surface area (Å²) in [7, 11) is 0. The second-order valence-electron chi connectivity index (χ2n) is 17.7. The number of pyridine rings is 1. The van der Waals surface area contributed by atoms with Crippen LogP contribution in [0.1, 0.15) is 124 Å². The molecule has 1 saturated heterocycles. The minimum Gasteiger partial charge on any atom is -0.458 e. The SMILES string of the molecule is CCC1CC(C(OC(C)=O)C(C)(C)O)OC2CC3C4CCC5C(C)(C)C(OC(=O)c6cccnc6)CCC56C(C)C46CCC3(C)C12. The first kappa shape index (κ1) is 32.6. The molecule has 254 valence electrons. The molecule has 5 aliphatic carbocycles. The molecular weight excluding hydrogens is 578 g/mol. The number of ether oxygens (including phenoxy) is 3. The van der Waals surface area contributed by atoms with Gasteiger partial charge in [-0.15, -0.1) is 0 Å². The Hall–Kier alpha value is -1.99. The standard InChI is InChI=1S/C39H57NO6/c1-9-24-19-29(33(36(6,7)43)44-23(3)41)45-28-20-27-26-12-13-30-35(4,5)31(46-34(42)25-11-10-18-40-21-25)14-15-39(30)22(2)38(26,39)17-16-37(27,8)32(24)28/h10-11,18,21-22,24,26-33,43H,9,12-17,19-20H2,1-8H3. The number of esters is 2.